The van der Waals surface area contributed by atoms with Gasteiger partial charge in [0, 0.05) is 0 Å². The first-order valence-electron chi connectivity index (χ1n) is 4.46. The molecule has 0 atom stereocenters. The van der Waals surface area contributed by atoms with E-state index in [0.717, 1.165) is 12.1 Å². The first kappa shape index (κ1) is 12.7. The quantitative estimate of drug-likeness (QED) is 0.688. The van der Waals surface area contributed by atoms with Gasteiger partial charge in [-0.05, 0) is 46.9 Å². The van der Waals surface area contributed by atoms with Crippen molar-refractivity contribution >= 4 is 34.2 Å². The molecule has 7 heteroatoms. The van der Waals surface area contributed by atoms with Crippen LogP contribution in [-0.2, 0) is 6.18 Å². The van der Waals surface area contributed by atoms with Gasteiger partial charge in [0.15, 0.2) is 0 Å². The second-order valence-corrected chi connectivity index (χ2v) is 4.69. The Hall–Kier alpha value is -0.760. The second-order valence-electron chi connectivity index (χ2n) is 3.26. The lowest BCUT2D eigenvalue weighted by Gasteiger charge is -2.07. The van der Waals surface area contributed by atoms with Crippen LogP contribution >= 0.6 is 34.2 Å². The normalized spacial score (nSPS) is 11.8. The molecule has 1 aromatic carbocycles. The number of benzene rings is 1. The Balaban J connectivity index is 2.36. The molecule has 1 heterocycles. The molecule has 17 heavy (non-hydrogen) atoms. The highest BCUT2D eigenvalue weighted by Crippen LogP contribution is 2.29. The van der Waals surface area contributed by atoms with E-state index >= 15 is 0 Å². The van der Waals surface area contributed by atoms with Crippen LogP contribution in [0.1, 0.15) is 5.56 Å². The van der Waals surface area contributed by atoms with Crippen molar-refractivity contribution in [2.24, 2.45) is 0 Å². The Morgan fingerprint density at radius 1 is 1.18 bits per heavy atom. The van der Waals surface area contributed by atoms with Crippen molar-refractivity contribution in [1.29, 1.82) is 0 Å². The minimum Gasteiger partial charge on any atom is -0.238 e. The highest BCUT2D eigenvalue weighted by atomic mass is 127. The summed E-state index contributed by atoms with van der Waals surface area (Å²) in [6.45, 7) is 0. The van der Waals surface area contributed by atoms with Crippen molar-refractivity contribution in [2.45, 2.75) is 6.18 Å². The molecule has 2 nitrogen and oxygen atoms in total. The molecule has 1 aromatic heterocycles. The van der Waals surface area contributed by atoms with Crippen molar-refractivity contribution in [3.8, 4) is 5.69 Å². The van der Waals surface area contributed by atoms with Crippen molar-refractivity contribution in [1.82, 2.24) is 9.78 Å². The smallest absolute Gasteiger partial charge is 0.238 e. The maximum Gasteiger partial charge on any atom is 0.416 e. The standard InChI is InChI=1S/C10H5ClF3IN2/c11-8-5-17(16-9(8)15)7-3-1-6(2-4-7)10(12,13)14/h1-5H. The fourth-order valence-corrected chi connectivity index (χ4v) is 1.77. The summed E-state index contributed by atoms with van der Waals surface area (Å²) in [5.41, 5.74) is -0.156. The van der Waals surface area contributed by atoms with Crippen molar-refractivity contribution in [3.63, 3.8) is 0 Å². The van der Waals surface area contributed by atoms with E-state index < -0.39 is 11.7 Å². The van der Waals surface area contributed by atoms with Gasteiger partial charge in [-0.1, -0.05) is 11.6 Å². The summed E-state index contributed by atoms with van der Waals surface area (Å²) in [5, 5.41) is 4.53. The fraction of sp³-hybridized carbons (Fsp3) is 0.100. The first-order valence-corrected chi connectivity index (χ1v) is 5.92. The highest BCUT2D eigenvalue weighted by molar-refractivity contribution is 14.1. The molecule has 0 aliphatic rings. The van der Waals surface area contributed by atoms with Gasteiger partial charge in [-0.3, -0.25) is 0 Å². The zero-order valence-electron chi connectivity index (χ0n) is 8.17. The molecule has 0 radical (unpaired) electrons. The number of hydrogen-bond acceptors (Lipinski definition) is 1. The molecule has 0 bridgehead atoms. The molecule has 0 unspecified atom stereocenters. The number of rotatable bonds is 1. The van der Waals surface area contributed by atoms with Gasteiger partial charge < -0.3 is 0 Å². The Kier molecular flexibility index (Phi) is 3.35. The summed E-state index contributed by atoms with van der Waals surface area (Å²) >= 11 is 7.76. The third kappa shape index (κ3) is 2.74. The Morgan fingerprint density at radius 3 is 2.18 bits per heavy atom. The van der Waals surface area contributed by atoms with Gasteiger partial charge in [-0.25, -0.2) is 4.68 Å². The van der Waals surface area contributed by atoms with Crippen LogP contribution in [0.4, 0.5) is 13.2 Å². The monoisotopic (exact) mass is 372 g/mol. The van der Waals surface area contributed by atoms with E-state index in [1.807, 2.05) is 22.6 Å². The van der Waals surface area contributed by atoms with Crippen LogP contribution in [0.2, 0.25) is 5.02 Å². The predicted octanol–water partition coefficient (Wildman–Crippen LogP) is 4.15. The Morgan fingerprint density at radius 2 is 1.76 bits per heavy atom. The van der Waals surface area contributed by atoms with Gasteiger partial charge in [-0.15, -0.1) is 0 Å². The maximum absolute atomic E-state index is 12.3. The van der Waals surface area contributed by atoms with Crippen LogP contribution in [0.15, 0.2) is 30.5 Å². The minimum atomic E-state index is -4.32. The number of hydrogen-bond donors (Lipinski definition) is 0. The summed E-state index contributed by atoms with van der Waals surface area (Å²) in [4.78, 5) is 0. The van der Waals surface area contributed by atoms with Crippen LogP contribution in [0.5, 0.6) is 0 Å². The average molecular weight is 373 g/mol. The SMILES string of the molecule is FC(F)(F)c1ccc(-n2cc(Cl)c(I)n2)cc1. The molecule has 2 aromatic rings. The van der Waals surface area contributed by atoms with E-state index in [1.165, 1.54) is 16.8 Å². The maximum atomic E-state index is 12.3. The topological polar surface area (TPSA) is 17.8 Å². The third-order valence-corrected chi connectivity index (χ3v) is 3.48. The Bertz CT molecular complexity index is 514. The lowest BCUT2D eigenvalue weighted by molar-refractivity contribution is -0.137. The first-order chi connectivity index (χ1) is 7.88. The van der Waals surface area contributed by atoms with Crippen LogP contribution < -0.4 is 0 Å². The molecule has 0 fully saturated rings. The van der Waals surface area contributed by atoms with Crippen molar-refractivity contribution < 1.29 is 13.2 Å². The predicted molar refractivity (Wildman–Crippen MR) is 66.3 cm³/mol. The van der Waals surface area contributed by atoms with Crippen LogP contribution in [0.3, 0.4) is 0 Å². The van der Waals surface area contributed by atoms with Gasteiger partial charge in [-0.2, -0.15) is 18.3 Å². The zero-order valence-corrected chi connectivity index (χ0v) is 11.1. The molecule has 0 saturated heterocycles. The number of alkyl halides is 3. The van der Waals surface area contributed by atoms with Crippen LogP contribution in [0, 0.1) is 3.70 Å². The molecule has 0 aliphatic carbocycles. The molecule has 0 saturated carbocycles. The molecule has 0 amide bonds. The number of halogens is 5. The number of nitrogens with zero attached hydrogens (tertiary/aromatic N) is 2. The molecule has 0 spiro atoms. The fourth-order valence-electron chi connectivity index (χ4n) is 1.27. The summed E-state index contributed by atoms with van der Waals surface area (Å²) in [5.74, 6) is 0. The van der Waals surface area contributed by atoms with Gasteiger partial charge in [0.05, 0.1) is 22.5 Å². The van der Waals surface area contributed by atoms with Gasteiger partial charge in [0.2, 0.25) is 0 Å². The molecule has 0 aliphatic heterocycles. The highest BCUT2D eigenvalue weighted by Gasteiger charge is 2.30. The van der Waals surface area contributed by atoms with E-state index in [2.05, 4.69) is 5.10 Å². The van der Waals surface area contributed by atoms with Crippen molar-refractivity contribution in [2.75, 3.05) is 0 Å². The Labute approximate surface area is 114 Å². The van der Waals surface area contributed by atoms with Crippen LogP contribution in [0.25, 0.3) is 5.69 Å². The van der Waals surface area contributed by atoms with Gasteiger partial charge in [0.25, 0.3) is 0 Å². The third-order valence-electron chi connectivity index (χ3n) is 2.09. The minimum absolute atomic E-state index is 0.463. The average Bonchev–Trinajstić information content (AvgIpc) is 2.58. The summed E-state index contributed by atoms with van der Waals surface area (Å²) < 4.78 is 39.1. The second kappa shape index (κ2) is 4.49. The van der Waals surface area contributed by atoms with Crippen LogP contribution in [-0.4, -0.2) is 9.78 Å². The summed E-state index contributed by atoms with van der Waals surface area (Å²) in [6.07, 6.45) is -2.78. The molecular formula is C10H5ClF3IN2. The van der Waals surface area contributed by atoms with Crippen molar-refractivity contribution in [3.05, 3.63) is 44.7 Å². The molecule has 0 N–H and O–H groups in total. The largest absolute Gasteiger partial charge is 0.416 e. The molecular weight excluding hydrogens is 367 g/mol. The number of aromatic nitrogens is 2. The lowest BCUT2D eigenvalue weighted by Crippen LogP contribution is -2.05. The summed E-state index contributed by atoms with van der Waals surface area (Å²) in [7, 11) is 0. The van der Waals surface area contributed by atoms with E-state index in [4.69, 9.17) is 11.6 Å². The summed E-state index contributed by atoms with van der Waals surface area (Å²) in [6, 6.07) is 4.72. The van der Waals surface area contributed by atoms with Gasteiger partial charge in [0.1, 0.15) is 3.70 Å². The molecule has 2 rings (SSSR count). The lowest BCUT2D eigenvalue weighted by atomic mass is 10.2. The molecule has 90 valence electrons. The van der Waals surface area contributed by atoms with E-state index in [-0.39, 0.29) is 0 Å². The van der Waals surface area contributed by atoms with E-state index in [9.17, 15) is 13.2 Å². The van der Waals surface area contributed by atoms with E-state index in [0.29, 0.717) is 14.4 Å². The zero-order chi connectivity index (χ0) is 12.6. The van der Waals surface area contributed by atoms with Gasteiger partial charge >= 0.3 is 6.18 Å². The van der Waals surface area contributed by atoms with E-state index in [1.54, 1.807) is 6.20 Å².